The summed E-state index contributed by atoms with van der Waals surface area (Å²) in [5, 5.41) is 3.09. The lowest BCUT2D eigenvalue weighted by molar-refractivity contribution is 0.122. The van der Waals surface area contributed by atoms with Crippen molar-refractivity contribution in [2.45, 2.75) is 0 Å². The van der Waals surface area contributed by atoms with Crippen LogP contribution in [-0.2, 0) is 4.74 Å². The van der Waals surface area contributed by atoms with Crippen LogP contribution in [0.3, 0.4) is 0 Å². The topological polar surface area (TPSA) is 50.3 Å². The van der Waals surface area contributed by atoms with Crippen molar-refractivity contribution in [2.75, 3.05) is 43.6 Å². The molecule has 1 aromatic heterocycles. The standard InChI is InChI=1S/C9H14N4O/c1-10-8-6-11-7-12-9(8)13-2-4-14-5-3-13/h6-7,10H,2-5H2,1H3. The number of hydrogen-bond acceptors (Lipinski definition) is 5. The summed E-state index contributed by atoms with van der Waals surface area (Å²) >= 11 is 0. The highest BCUT2D eigenvalue weighted by Crippen LogP contribution is 2.21. The minimum atomic E-state index is 0.771. The number of aromatic nitrogens is 2. The minimum Gasteiger partial charge on any atom is -0.384 e. The van der Waals surface area contributed by atoms with Gasteiger partial charge in [0.25, 0.3) is 0 Å². The average Bonchev–Trinajstić information content (AvgIpc) is 2.30. The fraction of sp³-hybridized carbons (Fsp3) is 0.556. The van der Waals surface area contributed by atoms with E-state index in [1.807, 2.05) is 7.05 Å². The molecular weight excluding hydrogens is 180 g/mol. The van der Waals surface area contributed by atoms with Crippen molar-refractivity contribution < 1.29 is 4.74 Å². The molecule has 1 aliphatic heterocycles. The third-order valence-electron chi connectivity index (χ3n) is 2.27. The number of nitrogens with one attached hydrogen (secondary N) is 1. The lowest BCUT2D eigenvalue weighted by Gasteiger charge is -2.28. The molecule has 1 aliphatic rings. The first kappa shape index (κ1) is 9.21. The molecule has 0 aliphatic carbocycles. The van der Waals surface area contributed by atoms with Crippen LogP contribution in [0, 0.1) is 0 Å². The molecule has 0 atom stereocenters. The highest BCUT2D eigenvalue weighted by Gasteiger charge is 2.15. The molecule has 1 fully saturated rings. The molecule has 5 heteroatoms. The minimum absolute atomic E-state index is 0.771. The zero-order valence-electron chi connectivity index (χ0n) is 8.23. The highest BCUT2D eigenvalue weighted by molar-refractivity contribution is 5.63. The quantitative estimate of drug-likeness (QED) is 0.736. The second-order valence-electron chi connectivity index (χ2n) is 3.11. The van der Waals surface area contributed by atoms with Gasteiger partial charge in [0, 0.05) is 20.1 Å². The number of nitrogens with zero attached hydrogens (tertiary/aromatic N) is 3. The van der Waals surface area contributed by atoms with Crippen molar-refractivity contribution in [1.29, 1.82) is 0 Å². The maximum absolute atomic E-state index is 5.29. The Balaban J connectivity index is 2.20. The largest absolute Gasteiger partial charge is 0.384 e. The number of hydrogen-bond donors (Lipinski definition) is 1. The monoisotopic (exact) mass is 194 g/mol. The van der Waals surface area contributed by atoms with E-state index >= 15 is 0 Å². The Bertz CT molecular complexity index is 299. The zero-order valence-corrected chi connectivity index (χ0v) is 8.23. The lowest BCUT2D eigenvalue weighted by Crippen LogP contribution is -2.37. The van der Waals surface area contributed by atoms with Crippen molar-refractivity contribution in [2.24, 2.45) is 0 Å². The van der Waals surface area contributed by atoms with Gasteiger partial charge < -0.3 is 15.0 Å². The molecule has 0 bridgehead atoms. The Morgan fingerprint density at radius 2 is 2.21 bits per heavy atom. The summed E-state index contributed by atoms with van der Waals surface area (Å²) in [4.78, 5) is 10.5. The Hall–Kier alpha value is -1.36. The van der Waals surface area contributed by atoms with Crippen LogP contribution in [0.5, 0.6) is 0 Å². The number of rotatable bonds is 2. The van der Waals surface area contributed by atoms with Gasteiger partial charge in [-0.25, -0.2) is 9.97 Å². The lowest BCUT2D eigenvalue weighted by atomic mass is 10.3. The van der Waals surface area contributed by atoms with Crippen LogP contribution in [0.15, 0.2) is 12.5 Å². The first-order valence-corrected chi connectivity index (χ1v) is 4.72. The second-order valence-corrected chi connectivity index (χ2v) is 3.11. The maximum Gasteiger partial charge on any atom is 0.155 e. The van der Waals surface area contributed by atoms with Crippen LogP contribution in [0.2, 0.25) is 0 Å². The van der Waals surface area contributed by atoms with E-state index in [1.165, 1.54) is 0 Å². The molecule has 0 unspecified atom stereocenters. The van der Waals surface area contributed by atoms with Crippen molar-refractivity contribution in [3.63, 3.8) is 0 Å². The SMILES string of the molecule is CNc1cncnc1N1CCOCC1. The van der Waals surface area contributed by atoms with Gasteiger partial charge in [-0.15, -0.1) is 0 Å². The fourth-order valence-corrected chi connectivity index (χ4v) is 1.53. The smallest absolute Gasteiger partial charge is 0.155 e. The van der Waals surface area contributed by atoms with E-state index in [0.29, 0.717) is 0 Å². The number of ether oxygens (including phenoxy) is 1. The van der Waals surface area contributed by atoms with Crippen LogP contribution in [-0.4, -0.2) is 43.3 Å². The Morgan fingerprint density at radius 3 is 2.93 bits per heavy atom. The predicted molar refractivity (Wildman–Crippen MR) is 54.6 cm³/mol. The molecule has 1 saturated heterocycles. The van der Waals surface area contributed by atoms with Gasteiger partial charge in [-0.3, -0.25) is 0 Å². The first-order valence-electron chi connectivity index (χ1n) is 4.72. The van der Waals surface area contributed by atoms with Crippen molar-refractivity contribution in [3.05, 3.63) is 12.5 Å². The van der Waals surface area contributed by atoms with E-state index in [1.54, 1.807) is 12.5 Å². The Kier molecular flexibility index (Phi) is 2.78. The van der Waals surface area contributed by atoms with E-state index in [2.05, 4.69) is 20.2 Å². The molecule has 0 spiro atoms. The molecule has 0 saturated carbocycles. The molecule has 1 N–H and O–H groups in total. The van der Waals surface area contributed by atoms with E-state index in [-0.39, 0.29) is 0 Å². The van der Waals surface area contributed by atoms with Crippen LogP contribution in [0.4, 0.5) is 11.5 Å². The summed E-state index contributed by atoms with van der Waals surface area (Å²) in [6.45, 7) is 3.33. The Morgan fingerprint density at radius 1 is 1.43 bits per heavy atom. The van der Waals surface area contributed by atoms with Gasteiger partial charge in [-0.1, -0.05) is 0 Å². The van der Waals surface area contributed by atoms with E-state index < -0.39 is 0 Å². The molecule has 1 aromatic rings. The van der Waals surface area contributed by atoms with E-state index in [9.17, 15) is 0 Å². The molecule has 5 nitrogen and oxygen atoms in total. The second kappa shape index (κ2) is 4.23. The molecular formula is C9H14N4O. The van der Waals surface area contributed by atoms with Gasteiger partial charge in [-0.05, 0) is 0 Å². The zero-order chi connectivity index (χ0) is 9.80. The first-order chi connectivity index (χ1) is 6.92. The van der Waals surface area contributed by atoms with Crippen LogP contribution in [0.1, 0.15) is 0 Å². The van der Waals surface area contributed by atoms with Crippen LogP contribution in [0.25, 0.3) is 0 Å². The van der Waals surface area contributed by atoms with Gasteiger partial charge >= 0.3 is 0 Å². The summed E-state index contributed by atoms with van der Waals surface area (Å²) in [7, 11) is 1.88. The molecule has 0 amide bonds. The highest BCUT2D eigenvalue weighted by atomic mass is 16.5. The van der Waals surface area contributed by atoms with Crippen molar-refractivity contribution in [1.82, 2.24) is 9.97 Å². The van der Waals surface area contributed by atoms with Gasteiger partial charge in [0.1, 0.15) is 6.33 Å². The van der Waals surface area contributed by atoms with E-state index in [4.69, 9.17) is 4.74 Å². The summed E-state index contributed by atoms with van der Waals surface area (Å²) in [6, 6.07) is 0. The van der Waals surface area contributed by atoms with Gasteiger partial charge in [0.05, 0.1) is 25.1 Å². The molecule has 2 rings (SSSR count). The van der Waals surface area contributed by atoms with E-state index in [0.717, 1.165) is 37.8 Å². The van der Waals surface area contributed by atoms with Crippen LogP contribution >= 0.6 is 0 Å². The van der Waals surface area contributed by atoms with Gasteiger partial charge in [-0.2, -0.15) is 0 Å². The van der Waals surface area contributed by atoms with Crippen LogP contribution < -0.4 is 10.2 Å². The number of morpholine rings is 1. The molecule has 0 radical (unpaired) electrons. The van der Waals surface area contributed by atoms with Gasteiger partial charge in [0.15, 0.2) is 5.82 Å². The summed E-state index contributed by atoms with van der Waals surface area (Å²) in [6.07, 6.45) is 3.36. The normalized spacial score (nSPS) is 16.8. The predicted octanol–water partition coefficient (Wildman–Crippen LogP) is 0.355. The summed E-state index contributed by atoms with van der Waals surface area (Å²) in [5.41, 5.74) is 0.967. The average molecular weight is 194 g/mol. The molecule has 2 heterocycles. The third kappa shape index (κ3) is 1.77. The Labute approximate surface area is 83.1 Å². The maximum atomic E-state index is 5.29. The molecule has 14 heavy (non-hydrogen) atoms. The molecule has 0 aromatic carbocycles. The fourth-order valence-electron chi connectivity index (χ4n) is 1.53. The third-order valence-corrected chi connectivity index (χ3v) is 2.27. The molecule has 76 valence electrons. The summed E-state index contributed by atoms with van der Waals surface area (Å²) < 4.78 is 5.29. The van der Waals surface area contributed by atoms with Crippen molar-refractivity contribution >= 4 is 11.5 Å². The van der Waals surface area contributed by atoms with Crippen molar-refractivity contribution in [3.8, 4) is 0 Å². The van der Waals surface area contributed by atoms with Gasteiger partial charge in [0.2, 0.25) is 0 Å². The number of anilines is 2. The summed E-state index contributed by atoms with van der Waals surface area (Å²) in [5.74, 6) is 0.964.